The molecule has 30 heavy (non-hydrogen) atoms. The average Bonchev–Trinajstić information content (AvgIpc) is 3.15. The molecule has 3 rings (SSSR count). The van der Waals surface area contributed by atoms with E-state index < -0.39 is 0 Å². The molecule has 0 saturated heterocycles. The summed E-state index contributed by atoms with van der Waals surface area (Å²) in [5, 5.41) is 14.0. The van der Waals surface area contributed by atoms with Crippen molar-refractivity contribution < 1.29 is 4.79 Å². The molecule has 6 heteroatoms. The van der Waals surface area contributed by atoms with Gasteiger partial charge in [-0.3, -0.25) is 9.89 Å². The van der Waals surface area contributed by atoms with Crippen LogP contribution in [-0.4, -0.2) is 16.1 Å². The lowest BCUT2D eigenvalue weighted by Gasteiger charge is -2.16. The highest BCUT2D eigenvalue weighted by molar-refractivity contribution is 6.33. The molecule has 0 fully saturated rings. The zero-order valence-corrected chi connectivity index (χ0v) is 18.7. The van der Waals surface area contributed by atoms with Gasteiger partial charge in [0.25, 0.3) is 5.91 Å². The van der Waals surface area contributed by atoms with Crippen LogP contribution in [0.15, 0.2) is 54.6 Å². The van der Waals surface area contributed by atoms with Gasteiger partial charge in [0.15, 0.2) is 5.69 Å². The van der Waals surface area contributed by atoms with E-state index in [-0.39, 0.29) is 17.4 Å². The van der Waals surface area contributed by atoms with E-state index in [9.17, 15) is 4.79 Å². The number of hydrogen-bond acceptors (Lipinski definition) is 3. The number of rotatable bonds is 7. The largest absolute Gasteiger partial charge is 0.319 e. The van der Waals surface area contributed by atoms with E-state index in [1.165, 1.54) is 5.56 Å². The second kappa shape index (κ2) is 9.45. The number of nitrogens with zero attached hydrogens (tertiary/aromatic N) is 1. The molecule has 1 heterocycles. The van der Waals surface area contributed by atoms with Gasteiger partial charge in [-0.1, -0.05) is 68.8 Å². The van der Waals surface area contributed by atoms with Gasteiger partial charge in [0.05, 0.1) is 10.7 Å². The lowest BCUT2D eigenvalue weighted by atomic mass is 9.90. The molecule has 0 spiro atoms. The molecule has 158 valence electrons. The number of anilines is 1. The smallest absolute Gasteiger partial charge is 0.276 e. The maximum atomic E-state index is 12.6. The quantitative estimate of drug-likeness (QED) is 0.452. The molecule has 1 aromatic heterocycles. The highest BCUT2D eigenvalue weighted by Gasteiger charge is 2.17. The van der Waals surface area contributed by atoms with Crippen molar-refractivity contribution in [2.45, 2.75) is 46.7 Å². The van der Waals surface area contributed by atoms with Crippen LogP contribution in [0.5, 0.6) is 0 Å². The van der Waals surface area contributed by atoms with E-state index >= 15 is 0 Å². The number of carbonyl (C=O) groups is 1. The molecule has 5 nitrogen and oxygen atoms in total. The Balaban J connectivity index is 1.64. The minimum absolute atomic E-state index is 0.113. The molecular weight excluding hydrogens is 396 g/mol. The Hall–Kier alpha value is -2.63. The number of halogens is 1. The van der Waals surface area contributed by atoms with Crippen molar-refractivity contribution in [3.63, 3.8) is 0 Å². The number of hydrogen-bond donors (Lipinski definition) is 3. The molecule has 0 radical (unpaired) electrons. The Labute approximate surface area is 183 Å². The molecule has 0 unspecified atom stereocenters. The summed E-state index contributed by atoms with van der Waals surface area (Å²) >= 11 is 6.32. The summed E-state index contributed by atoms with van der Waals surface area (Å²) in [6.07, 6.45) is 0.814. The second-order valence-corrected chi connectivity index (χ2v) is 9.20. The number of nitrogens with one attached hydrogen (secondary N) is 3. The van der Waals surface area contributed by atoms with E-state index in [1.54, 1.807) is 12.1 Å². The Morgan fingerprint density at radius 1 is 1.13 bits per heavy atom. The summed E-state index contributed by atoms with van der Waals surface area (Å²) in [6, 6.07) is 17.9. The number of aromatic amines is 1. The summed E-state index contributed by atoms with van der Waals surface area (Å²) in [5.41, 5.74) is 4.24. The second-order valence-electron chi connectivity index (χ2n) is 8.80. The number of H-pyrrole nitrogens is 1. The first-order valence-corrected chi connectivity index (χ1v) is 10.5. The molecule has 0 aliphatic heterocycles. The molecule has 0 saturated carbocycles. The Morgan fingerprint density at radius 3 is 2.57 bits per heavy atom. The van der Waals surface area contributed by atoms with Crippen LogP contribution in [0.2, 0.25) is 5.02 Å². The molecule has 1 atom stereocenters. The zero-order valence-electron chi connectivity index (χ0n) is 17.9. The van der Waals surface area contributed by atoms with Crippen molar-refractivity contribution in [3.05, 3.63) is 82.1 Å². The normalized spacial score (nSPS) is 12.6. The maximum absolute atomic E-state index is 12.6. The topological polar surface area (TPSA) is 69.8 Å². The molecule has 3 aromatic rings. The third kappa shape index (κ3) is 6.18. The first-order valence-electron chi connectivity index (χ1n) is 10.1. The Bertz CT molecular complexity index is 992. The van der Waals surface area contributed by atoms with Gasteiger partial charge in [0.1, 0.15) is 0 Å². The van der Waals surface area contributed by atoms with E-state index in [2.05, 4.69) is 60.7 Å². The van der Waals surface area contributed by atoms with Crippen molar-refractivity contribution in [1.82, 2.24) is 15.5 Å². The summed E-state index contributed by atoms with van der Waals surface area (Å²) < 4.78 is 0. The van der Waals surface area contributed by atoms with Crippen LogP contribution in [0.3, 0.4) is 0 Å². The van der Waals surface area contributed by atoms with Crippen LogP contribution in [0, 0.1) is 5.41 Å². The third-order valence-corrected chi connectivity index (χ3v) is 5.10. The van der Waals surface area contributed by atoms with Crippen LogP contribution in [-0.2, 0) is 13.0 Å². The van der Waals surface area contributed by atoms with E-state index in [0.717, 1.165) is 17.7 Å². The Kier molecular flexibility index (Phi) is 6.95. The van der Waals surface area contributed by atoms with Crippen molar-refractivity contribution in [2.24, 2.45) is 5.41 Å². The van der Waals surface area contributed by atoms with Gasteiger partial charge in [-0.05, 0) is 48.1 Å². The van der Waals surface area contributed by atoms with Crippen LogP contribution < -0.4 is 10.6 Å². The first-order chi connectivity index (χ1) is 14.2. The molecule has 3 N–H and O–H groups in total. The number of amides is 1. The fraction of sp³-hybridized carbons (Fsp3) is 0.333. The van der Waals surface area contributed by atoms with Crippen LogP contribution in [0.4, 0.5) is 5.69 Å². The van der Waals surface area contributed by atoms with Crippen LogP contribution in [0.25, 0.3) is 0 Å². The maximum Gasteiger partial charge on any atom is 0.276 e. The van der Waals surface area contributed by atoms with Gasteiger partial charge < -0.3 is 10.6 Å². The van der Waals surface area contributed by atoms with Crippen molar-refractivity contribution >= 4 is 23.2 Å². The summed E-state index contributed by atoms with van der Waals surface area (Å²) in [5.74, 6) is -0.281. The number of benzene rings is 2. The van der Waals surface area contributed by atoms with Gasteiger partial charge in [-0.15, -0.1) is 0 Å². The molecule has 1 amide bonds. The van der Waals surface area contributed by atoms with Crippen molar-refractivity contribution in [1.29, 1.82) is 0 Å². The van der Waals surface area contributed by atoms with Crippen molar-refractivity contribution in [2.75, 3.05) is 5.32 Å². The Morgan fingerprint density at radius 2 is 1.87 bits per heavy atom. The lowest BCUT2D eigenvalue weighted by Crippen LogP contribution is -2.18. The predicted octanol–water partition coefficient (Wildman–Crippen LogP) is 5.75. The first kappa shape index (κ1) is 22.1. The average molecular weight is 425 g/mol. The van der Waals surface area contributed by atoms with Gasteiger partial charge in [-0.25, -0.2) is 0 Å². The summed E-state index contributed by atoms with van der Waals surface area (Å²) in [6.45, 7) is 9.22. The number of carbonyl (C=O) groups excluding carboxylic acids is 1. The van der Waals surface area contributed by atoms with E-state index in [1.807, 2.05) is 30.3 Å². The van der Waals surface area contributed by atoms with Gasteiger partial charge >= 0.3 is 0 Å². The van der Waals surface area contributed by atoms with E-state index in [4.69, 9.17) is 11.6 Å². The highest BCUT2D eigenvalue weighted by atomic mass is 35.5. The minimum Gasteiger partial charge on any atom is -0.319 e. The fourth-order valence-corrected chi connectivity index (χ4v) is 3.40. The predicted molar refractivity (Wildman–Crippen MR) is 123 cm³/mol. The van der Waals surface area contributed by atoms with Gasteiger partial charge in [0, 0.05) is 18.3 Å². The summed E-state index contributed by atoms with van der Waals surface area (Å²) in [7, 11) is 0. The van der Waals surface area contributed by atoms with Gasteiger partial charge in [0.2, 0.25) is 0 Å². The molecule has 0 aliphatic rings. The lowest BCUT2D eigenvalue weighted by molar-refractivity contribution is 0.102. The number of aromatic nitrogens is 2. The monoisotopic (exact) mass is 424 g/mol. The third-order valence-electron chi connectivity index (χ3n) is 4.78. The highest BCUT2D eigenvalue weighted by Crippen LogP contribution is 2.25. The fourth-order valence-electron chi connectivity index (χ4n) is 3.23. The minimum atomic E-state index is -0.281. The van der Waals surface area contributed by atoms with Crippen LogP contribution >= 0.6 is 11.6 Å². The van der Waals surface area contributed by atoms with Crippen molar-refractivity contribution in [3.8, 4) is 0 Å². The van der Waals surface area contributed by atoms with Gasteiger partial charge in [-0.2, -0.15) is 5.10 Å². The molecular formula is C24H29ClN4O. The zero-order chi connectivity index (χ0) is 21.7. The van der Waals surface area contributed by atoms with Crippen LogP contribution in [0.1, 0.15) is 61.0 Å². The standard InChI is InChI=1S/C24H29ClN4O/c1-16(18-8-6-5-7-9-18)26-15-17-10-11-20(25)21(12-17)27-23(30)22-13-19(28-29-22)14-24(2,3)4/h5-13,16,26H,14-15H2,1-4H3,(H,27,30)(H,28,29)/t16-/m1/s1. The molecule has 0 bridgehead atoms. The molecule has 2 aromatic carbocycles. The van der Waals surface area contributed by atoms with E-state index in [0.29, 0.717) is 22.9 Å². The molecule has 0 aliphatic carbocycles. The summed E-state index contributed by atoms with van der Waals surface area (Å²) in [4.78, 5) is 12.6. The SMILES string of the molecule is C[C@@H](NCc1ccc(Cl)c(NC(=O)c2cc(CC(C)(C)C)[nH]n2)c1)c1ccccc1.